The number of aliphatic carboxylic acids is 2. The number of carboxylic acids is 2. The molecule has 22 nitrogen and oxygen atoms in total. The second-order valence-corrected chi connectivity index (χ2v) is 12.7. The summed E-state index contributed by atoms with van der Waals surface area (Å²) in [5.74, 6) is -9.89. The van der Waals surface area contributed by atoms with Crippen molar-refractivity contribution in [2.45, 2.75) is 103 Å². The van der Waals surface area contributed by atoms with Crippen LogP contribution in [-0.2, 0) is 43.2 Å². The third kappa shape index (κ3) is 19.0. The van der Waals surface area contributed by atoms with Gasteiger partial charge in [0.25, 0.3) is 0 Å². The molecule has 0 aliphatic carbocycles. The molecule has 6 atom stereocenters. The zero-order valence-electron chi connectivity index (χ0n) is 29.9. The van der Waals surface area contributed by atoms with Crippen molar-refractivity contribution in [3.8, 4) is 0 Å². The van der Waals surface area contributed by atoms with Gasteiger partial charge in [-0.1, -0.05) is 27.7 Å². The maximum Gasteiger partial charge on any atom is 0.305 e. The first-order valence-electron chi connectivity index (χ1n) is 16.4. The number of amides is 7. The van der Waals surface area contributed by atoms with Crippen molar-refractivity contribution in [3.63, 3.8) is 0 Å². The molecule has 52 heavy (non-hydrogen) atoms. The van der Waals surface area contributed by atoms with Crippen LogP contribution in [0.4, 0.5) is 0 Å². The van der Waals surface area contributed by atoms with Gasteiger partial charge in [0.05, 0.1) is 25.4 Å². The molecule has 0 unspecified atom stereocenters. The van der Waals surface area contributed by atoms with E-state index in [-0.39, 0.29) is 31.3 Å². The number of carbonyl (C=O) groups excluding carboxylic acids is 7. The Labute approximate surface area is 300 Å². The van der Waals surface area contributed by atoms with Gasteiger partial charge in [0.1, 0.15) is 30.2 Å². The van der Waals surface area contributed by atoms with E-state index in [1.165, 1.54) is 6.92 Å². The molecular weight excluding hydrogens is 690 g/mol. The first-order valence-corrected chi connectivity index (χ1v) is 16.4. The molecule has 0 rings (SSSR count). The van der Waals surface area contributed by atoms with Gasteiger partial charge in [0.2, 0.25) is 41.4 Å². The van der Waals surface area contributed by atoms with Gasteiger partial charge in [-0.2, -0.15) is 0 Å². The topological polar surface area (TPSA) is 380 Å². The van der Waals surface area contributed by atoms with Gasteiger partial charge >= 0.3 is 11.9 Å². The lowest BCUT2D eigenvalue weighted by molar-refractivity contribution is -0.142. The Morgan fingerprint density at radius 2 is 1.21 bits per heavy atom. The molecule has 22 heteroatoms. The Morgan fingerprint density at radius 1 is 0.654 bits per heavy atom. The maximum atomic E-state index is 13.3. The third-order valence-electron chi connectivity index (χ3n) is 7.17. The van der Waals surface area contributed by atoms with Crippen LogP contribution in [0.2, 0.25) is 0 Å². The van der Waals surface area contributed by atoms with Crippen LogP contribution in [0.3, 0.4) is 0 Å². The van der Waals surface area contributed by atoms with Crippen LogP contribution >= 0.6 is 0 Å². The molecule has 294 valence electrons. The third-order valence-corrected chi connectivity index (χ3v) is 7.17. The summed E-state index contributed by atoms with van der Waals surface area (Å²) in [6.07, 6.45) is -1.11. The highest BCUT2D eigenvalue weighted by Gasteiger charge is 2.32. The molecule has 0 fully saturated rings. The lowest BCUT2D eigenvalue weighted by Crippen LogP contribution is -2.59. The molecule has 0 saturated heterocycles. The van der Waals surface area contributed by atoms with E-state index in [0.29, 0.717) is 6.42 Å². The van der Waals surface area contributed by atoms with E-state index in [4.69, 9.17) is 32.8 Å². The van der Waals surface area contributed by atoms with Crippen molar-refractivity contribution in [1.29, 1.82) is 5.41 Å². The minimum atomic E-state index is -1.72. The smallest absolute Gasteiger partial charge is 0.305 e. The fourth-order valence-corrected chi connectivity index (χ4v) is 4.46. The molecular formula is C30H53N11O11. The van der Waals surface area contributed by atoms with Gasteiger partial charge in [-0.15, -0.1) is 0 Å². The summed E-state index contributed by atoms with van der Waals surface area (Å²) < 4.78 is 0. The zero-order valence-corrected chi connectivity index (χ0v) is 29.9. The van der Waals surface area contributed by atoms with E-state index in [1.54, 1.807) is 27.7 Å². The van der Waals surface area contributed by atoms with Crippen LogP contribution in [0.1, 0.15) is 66.7 Å². The number of carbonyl (C=O) groups is 9. The van der Waals surface area contributed by atoms with Crippen molar-refractivity contribution in [1.82, 2.24) is 37.2 Å². The molecule has 0 aliphatic heterocycles. The second kappa shape index (κ2) is 23.0. The van der Waals surface area contributed by atoms with Crippen LogP contribution in [-0.4, -0.2) is 119 Å². The molecule has 0 aromatic rings. The first-order chi connectivity index (χ1) is 24.0. The Balaban J connectivity index is 5.44. The Bertz CT molecular complexity index is 1330. The first kappa shape index (κ1) is 46.5. The van der Waals surface area contributed by atoms with Crippen molar-refractivity contribution in [2.75, 3.05) is 13.1 Å². The molecule has 0 saturated carbocycles. The van der Waals surface area contributed by atoms with Gasteiger partial charge in [-0.3, -0.25) is 48.6 Å². The van der Waals surface area contributed by atoms with E-state index in [2.05, 4.69) is 31.9 Å². The lowest BCUT2D eigenvalue weighted by atomic mass is 9.99. The summed E-state index contributed by atoms with van der Waals surface area (Å²) in [4.78, 5) is 111. The highest BCUT2D eigenvalue weighted by molar-refractivity contribution is 5.97. The Kier molecular flexibility index (Phi) is 20.6. The van der Waals surface area contributed by atoms with E-state index in [9.17, 15) is 43.2 Å². The van der Waals surface area contributed by atoms with Crippen molar-refractivity contribution in [3.05, 3.63) is 0 Å². The summed E-state index contributed by atoms with van der Waals surface area (Å²) in [5.41, 5.74) is 16.1. The van der Waals surface area contributed by atoms with Crippen molar-refractivity contribution in [2.24, 2.45) is 29.0 Å². The standard InChI is InChI=1S/C30H53N11O11/c1-13(2)9-18(28(51)41-23(14(3)4)29(52)39-17(24(32)47)7-6-8-35-30(33)34)38-20(42)12-36-25(48)15(5)37-27(50)19(11-22(45)46)40-26(49)16(31)10-21(43)44/h13-19,23H,6-12,31H2,1-5H3,(H2,32,47)(H,36,48)(H,37,50)(H,38,42)(H,39,52)(H,40,49)(H,41,51)(H,43,44)(H,45,46)(H4,33,34,35)/t15-,16-,17-,18-,19-,23-/m0/s1. The molecule has 16 N–H and O–H groups in total. The van der Waals surface area contributed by atoms with Crippen molar-refractivity contribution < 1.29 is 53.4 Å². The Morgan fingerprint density at radius 3 is 1.71 bits per heavy atom. The summed E-state index contributed by atoms with van der Waals surface area (Å²) in [6, 6.07) is -8.02. The molecule has 0 spiro atoms. The highest BCUT2D eigenvalue weighted by Crippen LogP contribution is 2.09. The number of guanidine groups is 1. The fraction of sp³-hybridized carbons (Fsp3) is 0.667. The highest BCUT2D eigenvalue weighted by atomic mass is 16.4. The van der Waals surface area contributed by atoms with Gasteiger partial charge in [0.15, 0.2) is 5.96 Å². The molecule has 0 aliphatic rings. The van der Waals surface area contributed by atoms with Crippen LogP contribution in [0.5, 0.6) is 0 Å². The molecule has 0 aromatic heterocycles. The summed E-state index contributed by atoms with van der Waals surface area (Å²) in [7, 11) is 0. The lowest BCUT2D eigenvalue weighted by Gasteiger charge is -2.27. The average molecular weight is 744 g/mol. The largest absolute Gasteiger partial charge is 0.481 e. The number of hydrogen-bond donors (Lipinski definition) is 13. The molecule has 7 amide bonds. The van der Waals surface area contributed by atoms with E-state index in [1.807, 2.05) is 5.32 Å². The summed E-state index contributed by atoms with van der Waals surface area (Å²) >= 11 is 0. The minimum Gasteiger partial charge on any atom is -0.481 e. The van der Waals surface area contributed by atoms with E-state index in [0.717, 1.165) is 0 Å². The summed E-state index contributed by atoms with van der Waals surface area (Å²) in [5, 5.41) is 41.8. The number of hydrogen-bond acceptors (Lipinski definition) is 11. The van der Waals surface area contributed by atoms with Gasteiger partial charge in [-0.25, -0.2) is 0 Å². The number of nitrogens with two attached hydrogens (primary N) is 3. The van der Waals surface area contributed by atoms with E-state index < -0.39 is 115 Å². The molecule has 0 aromatic carbocycles. The van der Waals surface area contributed by atoms with Crippen molar-refractivity contribution >= 4 is 59.2 Å². The molecule has 0 bridgehead atoms. The van der Waals surface area contributed by atoms with Gasteiger partial charge in [-0.05, 0) is 38.0 Å². The van der Waals surface area contributed by atoms with Gasteiger partial charge < -0.3 is 64.6 Å². The van der Waals surface area contributed by atoms with Crippen LogP contribution < -0.4 is 54.4 Å². The molecule has 0 radical (unpaired) electrons. The number of rotatable bonds is 24. The second-order valence-electron chi connectivity index (χ2n) is 12.7. The van der Waals surface area contributed by atoms with Crippen LogP contribution in [0.25, 0.3) is 0 Å². The normalized spacial score (nSPS) is 14.3. The fourth-order valence-electron chi connectivity index (χ4n) is 4.46. The molecule has 0 heterocycles. The number of primary amides is 1. The summed E-state index contributed by atoms with van der Waals surface area (Å²) in [6.45, 7) is 7.67. The monoisotopic (exact) mass is 743 g/mol. The number of carboxylic acid groups (broad SMARTS) is 2. The van der Waals surface area contributed by atoms with Crippen LogP contribution in [0.15, 0.2) is 0 Å². The Hall–Kier alpha value is -5.54. The minimum absolute atomic E-state index is 0.118. The predicted molar refractivity (Wildman–Crippen MR) is 183 cm³/mol. The van der Waals surface area contributed by atoms with Gasteiger partial charge in [0, 0.05) is 6.54 Å². The SMILES string of the molecule is CC(C)C[C@H](NC(=O)CNC(=O)[C@H](C)NC(=O)[C@H](CC(=O)O)NC(=O)[C@@H](N)CC(=O)O)C(=O)N[C@H](C(=O)N[C@@H](CCCNC(=N)N)C(N)=O)C(C)C. The maximum absolute atomic E-state index is 13.3. The predicted octanol–water partition coefficient (Wildman–Crippen LogP) is -4.73. The zero-order chi connectivity index (χ0) is 40.3. The van der Waals surface area contributed by atoms with Crippen LogP contribution in [0, 0.1) is 17.2 Å². The average Bonchev–Trinajstić information content (AvgIpc) is 3.01. The number of nitrogens with one attached hydrogen (secondary N) is 8. The van der Waals surface area contributed by atoms with E-state index >= 15 is 0 Å². The quantitative estimate of drug-likeness (QED) is 0.0251.